The van der Waals surface area contributed by atoms with Crippen LogP contribution in [-0.2, 0) is 9.84 Å². The van der Waals surface area contributed by atoms with Gasteiger partial charge in [-0.3, -0.25) is 10.1 Å². The van der Waals surface area contributed by atoms with Crippen LogP contribution in [-0.4, -0.2) is 13.3 Å². The zero-order valence-corrected chi connectivity index (χ0v) is 12.2. The smallest absolute Gasteiger partial charge is 0.258 e. The molecule has 0 N–H and O–H groups in total. The molecule has 1 aromatic heterocycles. The molecule has 3 aromatic rings. The molecule has 1 heterocycles. The largest absolute Gasteiger partial charge is 0.289 e. The van der Waals surface area contributed by atoms with E-state index in [0.717, 1.165) is 0 Å². The number of fused-ring (bicyclic) bond motifs is 1. The monoisotopic (exact) mass is 319 g/mol. The minimum absolute atomic E-state index is 0.0454. The van der Waals surface area contributed by atoms with E-state index >= 15 is 0 Å². The van der Waals surface area contributed by atoms with Crippen LogP contribution in [0.25, 0.3) is 10.1 Å². The number of nitro groups is 1. The van der Waals surface area contributed by atoms with Gasteiger partial charge >= 0.3 is 0 Å². The van der Waals surface area contributed by atoms with Crippen molar-refractivity contribution in [1.82, 2.24) is 0 Å². The van der Waals surface area contributed by atoms with Crippen LogP contribution in [0, 0.1) is 10.1 Å². The predicted octanol–water partition coefficient (Wildman–Crippen LogP) is 3.64. The molecule has 21 heavy (non-hydrogen) atoms. The molecule has 5 nitrogen and oxygen atoms in total. The van der Waals surface area contributed by atoms with Crippen LogP contribution in [0.15, 0.2) is 63.7 Å². The number of nitrogens with zero attached hydrogens (tertiary/aromatic N) is 1. The number of rotatable bonds is 3. The van der Waals surface area contributed by atoms with E-state index < -0.39 is 20.4 Å². The first-order valence-corrected chi connectivity index (χ1v) is 8.32. The lowest BCUT2D eigenvalue weighted by Gasteiger charge is -2.05. The third kappa shape index (κ3) is 2.30. The first kappa shape index (κ1) is 13.7. The summed E-state index contributed by atoms with van der Waals surface area (Å²) in [4.78, 5) is 10.3. The molecule has 2 aromatic carbocycles. The molecule has 106 valence electrons. The third-order valence-corrected chi connectivity index (χ3v) is 5.75. The zero-order valence-electron chi connectivity index (χ0n) is 10.6. The van der Waals surface area contributed by atoms with Gasteiger partial charge in [0.25, 0.3) is 5.69 Å². The van der Waals surface area contributed by atoms with E-state index in [1.165, 1.54) is 35.6 Å². The van der Waals surface area contributed by atoms with Gasteiger partial charge in [0.05, 0.1) is 9.82 Å². The van der Waals surface area contributed by atoms with Crippen molar-refractivity contribution in [3.8, 4) is 0 Å². The summed E-state index contributed by atoms with van der Waals surface area (Å²) >= 11 is 1.35. The summed E-state index contributed by atoms with van der Waals surface area (Å²) < 4.78 is 26.0. The van der Waals surface area contributed by atoms with E-state index in [2.05, 4.69) is 0 Å². The highest BCUT2D eigenvalue weighted by Gasteiger charge is 2.28. The maximum atomic E-state index is 12.6. The zero-order chi connectivity index (χ0) is 15.0. The predicted molar refractivity (Wildman–Crippen MR) is 80.4 cm³/mol. The number of benzene rings is 2. The van der Waals surface area contributed by atoms with Crippen molar-refractivity contribution in [3.63, 3.8) is 0 Å². The maximum Gasteiger partial charge on any atom is 0.289 e. The van der Waals surface area contributed by atoms with Gasteiger partial charge in [0.15, 0.2) is 4.90 Å². The van der Waals surface area contributed by atoms with Gasteiger partial charge in [0.2, 0.25) is 9.84 Å². The Morgan fingerprint density at radius 1 is 1.05 bits per heavy atom. The van der Waals surface area contributed by atoms with Crippen molar-refractivity contribution in [2.24, 2.45) is 0 Å². The average Bonchev–Trinajstić information content (AvgIpc) is 2.94. The molecule has 0 unspecified atom stereocenters. The first-order valence-electron chi connectivity index (χ1n) is 5.96. The Bertz CT molecular complexity index is 930. The topological polar surface area (TPSA) is 77.3 Å². The van der Waals surface area contributed by atoms with E-state index in [9.17, 15) is 18.5 Å². The van der Waals surface area contributed by atoms with E-state index in [0.29, 0.717) is 10.1 Å². The molecule has 0 aliphatic carbocycles. The minimum Gasteiger partial charge on any atom is -0.258 e. The number of nitro benzene ring substituents is 1. The molecule has 0 fully saturated rings. The molecule has 0 amide bonds. The number of sulfone groups is 1. The normalized spacial score (nSPS) is 11.6. The molecule has 7 heteroatoms. The Kier molecular flexibility index (Phi) is 3.23. The highest BCUT2D eigenvalue weighted by atomic mass is 32.2. The van der Waals surface area contributed by atoms with Gasteiger partial charge in [-0.1, -0.05) is 18.2 Å². The molecular formula is C14H9NO4S2. The van der Waals surface area contributed by atoms with Crippen LogP contribution >= 0.6 is 11.3 Å². The molecule has 0 radical (unpaired) electrons. The molecule has 0 spiro atoms. The van der Waals surface area contributed by atoms with E-state index in [4.69, 9.17) is 0 Å². The van der Waals surface area contributed by atoms with Gasteiger partial charge < -0.3 is 0 Å². The van der Waals surface area contributed by atoms with Crippen LogP contribution in [0.3, 0.4) is 0 Å². The van der Waals surface area contributed by atoms with Crippen molar-refractivity contribution in [2.45, 2.75) is 9.79 Å². The molecule has 0 aliphatic rings. The maximum absolute atomic E-state index is 12.6. The van der Waals surface area contributed by atoms with Gasteiger partial charge in [-0.2, -0.15) is 0 Å². The Morgan fingerprint density at radius 2 is 1.76 bits per heavy atom. The molecular weight excluding hydrogens is 310 g/mol. The summed E-state index contributed by atoms with van der Waals surface area (Å²) in [6.45, 7) is 0. The fraction of sp³-hybridized carbons (Fsp3) is 0. The van der Waals surface area contributed by atoms with Crippen molar-refractivity contribution in [2.75, 3.05) is 0 Å². The van der Waals surface area contributed by atoms with Gasteiger partial charge in [-0.15, -0.1) is 11.3 Å². The minimum atomic E-state index is -3.92. The summed E-state index contributed by atoms with van der Waals surface area (Å²) in [5.74, 6) is 0. The molecule has 0 saturated carbocycles. The van der Waals surface area contributed by atoms with Crippen molar-refractivity contribution in [3.05, 3.63) is 64.0 Å². The third-order valence-electron chi connectivity index (χ3n) is 3.07. The van der Waals surface area contributed by atoms with Gasteiger partial charge in [0, 0.05) is 10.8 Å². The molecule has 0 bridgehead atoms. The second kappa shape index (κ2) is 4.94. The fourth-order valence-corrected chi connectivity index (χ4v) is 4.40. The van der Waals surface area contributed by atoms with Gasteiger partial charge in [0.1, 0.15) is 0 Å². The van der Waals surface area contributed by atoms with Gasteiger partial charge in [-0.25, -0.2) is 8.42 Å². The fourth-order valence-electron chi connectivity index (χ4n) is 2.06. The highest BCUT2D eigenvalue weighted by Crippen LogP contribution is 2.35. The van der Waals surface area contributed by atoms with E-state index in [-0.39, 0.29) is 9.79 Å². The van der Waals surface area contributed by atoms with E-state index in [1.807, 2.05) is 0 Å². The van der Waals surface area contributed by atoms with Crippen LogP contribution in [0.2, 0.25) is 0 Å². The van der Waals surface area contributed by atoms with Crippen molar-refractivity contribution in [1.29, 1.82) is 0 Å². The summed E-state index contributed by atoms with van der Waals surface area (Å²) in [6.07, 6.45) is 0. The Morgan fingerprint density at radius 3 is 2.43 bits per heavy atom. The van der Waals surface area contributed by atoms with Crippen molar-refractivity contribution >= 4 is 36.9 Å². The van der Waals surface area contributed by atoms with Crippen LogP contribution in [0.5, 0.6) is 0 Å². The average molecular weight is 319 g/mol. The molecule has 0 aliphatic heterocycles. The summed E-state index contributed by atoms with van der Waals surface area (Å²) in [5, 5.41) is 13.6. The number of hydrogen-bond acceptors (Lipinski definition) is 5. The lowest BCUT2D eigenvalue weighted by molar-refractivity contribution is -0.387. The Labute approximate surface area is 124 Å². The lowest BCUT2D eigenvalue weighted by atomic mass is 10.2. The number of thiophene rings is 1. The van der Waals surface area contributed by atoms with Gasteiger partial charge in [-0.05, 0) is 35.0 Å². The van der Waals surface area contributed by atoms with Crippen LogP contribution in [0.1, 0.15) is 0 Å². The molecule has 3 rings (SSSR count). The van der Waals surface area contributed by atoms with Crippen LogP contribution in [0.4, 0.5) is 5.69 Å². The second-order valence-corrected chi connectivity index (χ2v) is 7.22. The summed E-state index contributed by atoms with van der Waals surface area (Å²) in [5.41, 5.74) is -0.398. The quantitative estimate of drug-likeness (QED) is 0.545. The Balaban J connectivity index is 2.33. The summed E-state index contributed by atoms with van der Waals surface area (Å²) in [6, 6.07) is 12.1. The molecule has 0 saturated heterocycles. The molecule has 0 atom stereocenters. The first-order chi connectivity index (χ1) is 10.00. The van der Waals surface area contributed by atoms with Crippen molar-refractivity contribution < 1.29 is 13.3 Å². The second-order valence-electron chi connectivity index (χ2n) is 4.35. The standard InChI is InChI=1S/C14H9NO4S2/c16-15(17)12-8-10-6-7-20-13(10)9-14(12)21(18,19)11-4-2-1-3-5-11/h1-9H. The summed E-state index contributed by atoms with van der Waals surface area (Å²) in [7, 11) is -3.92. The van der Waals surface area contributed by atoms with Crippen LogP contribution < -0.4 is 0 Å². The Hall–Kier alpha value is -2.25. The van der Waals surface area contributed by atoms with E-state index in [1.54, 1.807) is 29.6 Å². The SMILES string of the molecule is O=[N+]([O-])c1cc2ccsc2cc1S(=O)(=O)c1ccccc1. The number of hydrogen-bond donors (Lipinski definition) is 0. The highest BCUT2D eigenvalue weighted by molar-refractivity contribution is 7.91. The lowest BCUT2D eigenvalue weighted by Crippen LogP contribution is -2.05.